The number of nitrogens with two attached hydrogens (primary N) is 1. The van der Waals surface area contributed by atoms with Gasteiger partial charge in [-0.3, -0.25) is 0 Å². The van der Waals surface area contributed by atoms with Gasteiger partial charge >= 0.3 is 5.97 Å². The zero-order valence-corrected chi connectivity index (χ0v) is 11.2. The molecule has 0 aliphatic heterocycles. The highest BCUT2D eigenvalue weighted by atomic mass is 35.5. The van der Waals surface area contributed by atoms with Crippen LogP contribution in [0, 0.1) is 0 Å². The second kappa shape index (κ2) is 6.02. The second-order valence-corrected chi connectivity index (χ2v) is 5.34. The number of carboxylic acid groups (broad SMARTS) is 1. The summed E-state index contributed by atoms with van der Waals surface area (Å²) >= 11 is 7.68. The van der Waals surface area contributed by atoms with Crippen molar-refractivity contribution < 1.29 is 9.90 Å². The van der Waals surface area contributed by atoms with Crippen LogP contribution in [0.25, 0.3) is 0 Å². The van der Waals surface area contributed by atoms with Gasteiger partial charge in [0.1, 0.15) is 0 Å². The lowest BCUT2D eigenvalue weighted by Gasteiger charge is -2.15. The van der Waals surface area contributed by atoms with Crippen molar-refractivity contribution in [2.75, 3.05) is 23.9 Å². The Morgan fingerprint density at radius 2 is 2.29 bits per heavy atom. The molecule has 0 saturated heterocycles. The number of carboxylic acids is 1. The molecule has 0 aliphatic carbocycles. The molecule has 0 aliphatic rings. The van der Waals surface area contributed by atoms with Gasteiger partial charge in [-0.15, -0.1) is 0 Å². The maximum atomic E-state index is 11.1. The van der Waals surface area contributed by atoms with Gasteiger partial charge in [-0.1, -0.05) is 18.5 Å². The van der Waals surface area contributed by atoms with Gasteiger partial charge in [0.15, 0.2) is 0 Å². The van der Waals surface area contributed by atoms with E-state index >= 15 is 0 Å². The van der Waals surface area contributed by atoms with E-state index in [1.165, 1.54) is 6.07 Å². The highest BCUT2D eigenvalue weighted by molar-refractivity contribution is 7.99. The van der Waals surface area contributed by atoms with E-state index in [-0.39, 0.29) is 5.56 Å². The molecule has 0 bridgehead atoms. The van der Waals surface area contributed by atoms with Crippen LogP contribution >= 0.6 is 23.4 Å². The van der Waals surface area contributed by atoms with Crippen LogP contribution in [0.3, 0.4) is 0 Å². The van der Waals surface area contributed by atoms with E-state index < -0.39 is 5.97 Å². The van der Waals surface area contributed by atoms with Crippen LogP contribution in [0.15, 0.2) is 12.1 Å². The Hall–Kier alpha value is -1.07. The predicted octanol–water partition coefficient (Wildman–Crippen LogP) is 2.78. The van der Waals surface area contributed by atoms with E-state index in [1.807, 2.05) is 13.2 Å². The Labute approximate surface area is 110 Å². The molecule has 0 heterocycles. The largest absolute Gasteiger partial charge is 0.478 e. The van der Waals surface area contributed by atoms with Gasteiger partial charge in [0, 0.05) is 17.5 Å². The summed E-state index contributed by atoms with van der Waals surface area (Å²) in [6, 6.07) is 2.94. The Bertz CT molecular complexity index is 426. The molecule has 94 valence electrons. The molecule has 1 aromatic rings. The van der Waals surface area contributed by atoms with Crippen LogP contribution in [0.4, 0.5) is 11.4 Å². The van der Waals surface area contributed by atoms with Crippen molar-refractivity contribution in [3.05, 3.63) is 22.7 Å². The van der Waals surface area contributed by atoms with Crippen molar-refractivity contribution in [1.82, 2.24) is 0 Å². The number of benzene rings is 1. The van der Waals surface area contributed by atoms with Gasteiger partial charge in [0.2, 0.25) is 0 Å². The lowest BCUT2D eigenvalue weighted by atomic mass is 10.1. The molecular weight excluding hydrogens is 260 g/mol. The van der Waals surface area contributed by atoms with Crippen LogP contribution in [0.5, 0.6) is 0 Å². The fourth-order valence-electron chi connectivity index (χ4n) is 1.31. The van der Waals surface area contributed by atoms with E-state index in [2.05, 4.69) is 5.32 Å². The van der Waals surface area contributed by atoms with Gasteiger partial charge in [0.05, 0.1) is 16.3 Å². The molecule has 6 heteroatoms. The second-order valence-electron chi connectivity index (χ2n) is 3.66. The van der Waals surface area contributed by atoms with Crippen molar-refractivity contribution in [2.24, 2.45) is 0 Å². The Kier molecular flexibility index (Phi) is 4.96. The minimum Gasteiger partial charge on any atom is -0.478 e. The summed E-state index contributed by atoms with van der Waals surface area (Å²) in [5, 5.41) is 12.8. The van der Waals surface area contributed by atoms with Crippen molar-refractivity contribution in [2.45, 2.75) is 12.2 Å². The number of nitrogen functional groups attached to an aromatic ring is 1. The van der Waals surface area contributed by atoms with Crippen LogP contribution in [0.2, 0.25) is 5.02 Å². The Morgan fingerprint density at radius 3 is 2.82 bits per heavy atom. The predicted molar refractivity (Wildman–Crippen MR) is 74.3 cm³/mol. The van der Waals surface area contributed by atoms with Crippen LogP contribution < -0.4 is 11.1 Å². The summed E-state index contributed by atoms with van der Waals surface area (Å²) in [6.07, 6.45) is 2.00. The first-order valence-electron chi connectivity index (χ1n) is 5.04. The average molecular weight is 275 g/mol. The quantitative estimate of drug-likeness (QED) is 0.720. The van der Waals surface area contributed by atoms with E-state index in [0.29, 0.717) is 28.2 Å². The lowest BCUT2D eigenvalue weighted by molar-refractivity contribution is 0.0698. The van der Waals surface area contributed by atoms with E-state index in [9.17, 15) is 4.79 Å². The van der Waals surface area contributed by atoms with Crippen molar-refractivity contribution in [3.63, 3.8) is 0 Å². The molecule has 0 aromatic heterocycles. The number of halogens is 1. The molecule has 0 saturated carbocycles. The zero-order valence-electron chi connectivity index (χ0n) is 9.66. The van der Waals surface area contributed by atoms with Gasteiger partial charge in [0.25, 0.3) is 0 Å². The van der Waals surface area contributed by atoms with Gasteiger partial charge < -0.3 is 16.2 Å². The summed E-state index contributed by atoms with van der Waals surface area (Å²) in [5.74, 6) is -1.04. The molecule has 0 spiro atoms. The number of nitrogens with one attached hydrogen (secondary N) is 1. The molecule has 1 atom stereocenters. The first kappa shape index (κ1) is 14.0. The molecule has 0 fully saturated rings. The van der Waals surface area contributed by atoms with Crippen LogP contribution in [-0.2, 0) is 0 Å². The molecule has 4 nitrogen and oxygen atoms in total. The number of rotatable bonds is 5. The van der Waals surface area contributed by atoms with Crippen molar-refractivity contribution in [3.8, 4) is 0 Å². The van der Waals surface area contributed by atoms with Crippen LogP contribution in [-0.4, -0.2) is 29.1 Å². The summed E-state index contributed by atoms with van der Waals surface area (Å²) in [4.78, 5) is 11.1. The normalized spacial score (nSPS) is 12.2. The standard InChI is InChI=1S/C11H15ClN2O2S/c1-6(17-2)5-14-10-8(11(15)16)3-7(13)4-9(10)12/h3-4,6,14H,5,13H2,1-2H3,(H,15,16). The third-order valence-electron chi connectivity index (χ3n) is 2.31. The van der Waals surface area contributed by atoms with Crippen molar-refractivity contribution in [1.29, 1.82) is 0 Å². The number of aromatic carboxylic acids is 1. The average Bonchev–Trinajstić information content (AvgIpc) is 2.26. The summed E-state index contributed by atoms with van der Waals surface area (Å²) in [7, 11) is 0. The van der Waals surface area contributed by atoms with Gasteiger partial charge in [-0.05, 0) is 18.4 Å². The van der Waals surface area contributed by atoms with Crippen molar-refractivity contribution >= 4 is 40.7 Å². The maximum absolute atomic E-state index is 11.1. The number of hydrogen-bond donors (Lipinski definition) is 3. The topological polar surface area (TPSA) is 75.3 Å². The molecule has 0 amide bonds. The fourth-order valence-corrected chi connectivity index (χ4v) is 1.85. The molecule has 1 unspecified atom stereocenters. The number of hydrogen-bond acceptors (Lipinski definition) is 4. The Morgan fingerprint density at radius 1 is 1.65 bits per heavy atom. The van der Waals surface area contributed by atoms with Gasteiger partial charge in [-0.25, -0.2) is 4.79 Å². The SMILES string of the molecule is CSC(C)CNc1c(Cl)cc(N)cc1C(=O)O. The third-order valence-corrected chi connectivity index (χ3v) is 3.58. The van der Waals surface area contributed by atoms with Crippen LogP contribution in [0.1, 0.15) is 17.3 Å². The highest BCUT2D eigenvalue weighted by Crippen LogP contribution is 2.29. The minimum absolute atomic E-state index is 0.100. The third kappa shape index (κ3) is 3.71. The molecular formula is C11H15ClN2O2S. The summed E-state index contributed by atoms with van der Waals surface area (Å²) in [5.41, 5.74) is 6.44. The molecule has 4 N–H and O–H groups in total. The summed E-state index contributed by atoms with van der Waals surface area (Å²) < 4.78 is 0. The highest BCUT2D eigenvalue weighted by Gasteiger charge is 2.15. The van der Waals surface area contributed by atoms with E-state index in [0.717, 1.165) is 0 Å². The van der Waals surface area contributed by atoms with E-state index in [4.69, 9.17) is 22.4 Å². The van der Waals surface area contributed by atoms with Gasteiger partial charge in [-0.2, -0.15) is 11.8 Å². The number of anilines is 2. The minimum atomic E-state index is -1.04. The maximum Gasteiger partial charge on any atom is 0.337 e. The Balaban J connectivity index is 3.00. The molecule has 1 aromatic carbocycles. The molecule has 1 rings (SSSR count). The van der Waals surface area contributed by atoms with E-state index in [1.54, 1.807) is 17.8 Å². The number of thioether (sulfide) groups is 1. The lowest BCUT2D eigenvalue weighted by Crippen LogP contribution is -2.15. The number of carbonyl (C=O) groups is 1. The first-order chi connectivity index (χ1) is 7.95. The zero-order chi connectivity index (χ0) is 13.0. The fraction of sp³-hybridized carbons (Fsp3) is 0.364. The molecule has 17 heavy (non-hydrogen) atoms. The monoisotopic (exact) mass is 274 g/mol. The molecule has 0 radical (unpaired) electrons. The first-order valence-corrected chi connectivity index (χ1v) is 6.71. The smallest absolute Gasteiger partial charge is 0.337 e. The summed E-state index contributed by atoms with van der Waals surface area (Å²) in [6.45, 7) is 2.69.